The Balaban J connectivity index is 2.15. The molecule has 5 nitrogen and oxygen atoms in total. The number of amides is 1. The summed E-state index contributed by atoms with van der Waals surface area (Å²) in [6.45, 7) is 7.87. The lowest BCUT2D eigenvalue weighted by Gasteiger charge is -2.11. The van der Waals surface area contributed by atoms with Crippen LogP contribution in [0.5, 0.6) is 0 Å². The number of carbonyl (C=O) groups excluding carboxylic acids is 1. The summed E-state index contributed by atoms with van der Waals surface area (Å²) >= 11 is 6.24. The maximum atomic E-state index is 11.7. The number of rotatable bonds is 5. The summed E-state index contributed by atoms with van der Waals surface area (Å²) in [5.74, 6) is 0.234. The summed E-state index contributed by atoms with van der Waals surface area (Å²) < 4.78 is 0. The zero-order valence-electron chi connectivity index (χ0n) is 12.5. The highest BCUT2D eigenvalue weighted by atomic mass is 35.5. The second-order valence-corrected chi connectivity index (χ2v) is 5.27. The highest BCUT2D eigenvalue weighted by Crippen LogP contribution is 2.29. The van der Waals surface area contributed by atoms with Crippen molar-refractivity contribution in [3.63, 3.8) is 0 Å². The van der Waals surface area contributed by atoms with Crippen molar-refractivity contribution < 1.29 is 4.79 Å². The van der Waals surface area contributed by atoms with Gasteiger partial charge in [-0.3, -0.25) is 4.79 Å². The van der Waals surface area contributed by atoms with E-state index >= 15 is 0 Å². The number of hydrogen-bond donors (Lipinski definition) is 2. The monoisotopic (exact) mass is 316 g/mol. The normalized spacial score (nSPS) is 10.1. The largest absolute Gasteiger partial charge is 0.347 e. The Bertz CT molecular complexity index is 675. The number of halogens is 1. The van der Waals surface area contributed by atoms with Crippen LogP contribution in [0.25, 0.3) is 0 Å². The topological polar surface area (TPSA) is 66.9 Å². The molecule has 2 rings (SSSR count). The van der Waals surface area contributed by atoms with Crippen LogP contribution < -0.4 is 10.6 Å². The number of anilines is 2. The minimum absolute atomic E-state index is 0.249. The van der Waals surface area contributed by atoms with Gasteiger partial charge in [0.15, 0.2) is 11.5 Å². The first-order valence-corrected chi connectivity index (χ1v) is 7.15. The van der Waals surface area contributed by atoms with Crippen molar-refractivity contribution >= 4 is 29.0 Å². The summed E-state index contributed by atoms with van der Waals surface area (Å²) in [6, 6.07) is 7.19. The minimum atomic E-state index is -0.288. The van der Waals surface area contributed by atoms with E-state index in [4.69, 9.17) is 11.6 Å². The molecular weight excluding hydrogens is 300 g/mol. The van der Waals surface area contributed by atoms with E-state index in [0.717, 1.165) is 16.8 Å². The molecule has 0 saturated heterocycles. The molecule has 1 heterocycles. The standard InChI is InChI=1S/C16H17ClN4O/c1-4-7-18-16(22)13-5-6-14(21-20-13)19-15-11(3)8-10(2)9-12(15)17/h4-6,8-9H,1,7H2,2-3H3,(H,18,22)(H,19,21). The van der Waals surface area contributed by atoms with Gasteiger partial charge in [0, 0.05) is 6.54 Å². The first-order valence-electron chi connectivity index (χ1n) is 6.78. The zero-order valence-corrected chi connectivity index (χ0v) is 13.2. The van der Waals surface area contributed by atoms with Crippen LogP contribution in [0.3, 0.4) is 0 Å². The summed E-state index contributed by atoms with van der Waals surface area (Å²) in [5.41, 5.74) is 3.14. The number of hydrogen-bond acceptors (Lipinski definition) is 4. The van der Waals surface area contributed by atoms with E-state index < -0.39 is 0 Å². The number of carbonyl (C=O) groups is 1. The lowest BCUT2D eigenvalue weighted by Crippen LogP contribution is -2.24. The molecule has 22 heavy (non-hydrogen) atoms. The van der Waals surface area contributed by atoms with Crippen LogP contribution in [0.1, 0.15) is 21.6 Å². The van der Waals surface area contributed by atoms with E-state index in [-0.39, 0.29) is 11.6 Å². The first kappa shape index (κ1) is 16.0. The van der Waals surface area contributed by atoms with Gasteiger partial charge < -0.3 is 10.6 Å². The van der Waals surface area contributed by atoms with E-state index in [1.165, 1.54) is 0 Å². The van der Waals surface area contributed by atoms with Crippen LogP contribution >= 0.6 is 11.6 Å². The molecule has 0 unspecified atom stereocenters. The Labute approximate surface area is 134 Å². The molecule has 0 radical (unpaired) electrons. The Hall–Kier alpha value is -2.40. The third-order valence-corrected chi connectivity index (χ3v) is 3.29. The van der Waals surface area contributed by atoms with Crippen LogP contribution in [-0.2, 0) is 0 Å². The van der Waals surface area contributed by atoms with E-state index in [1.54, 1.807) is 18.2 Å². The van der Waals surface area contributed by atoms with Gasteiger partial charge in [0.1, 0.15) is 0 Å². The van der Waals surface area contributed by atoms with Crippen molar-refractivity contribution in [1.29, 1.82) is 0 Å². The van der Waals surface area contributed by atoms with Crippen molar-refractivity contribution in [2.45, 2.75) is 13.8 Å². The summed E-state index contributed by atoms with van der Waals surface area (Å²) in [4.78, 5) is 11.7. The third-order valence-electron chi connectivity index (χ3n) is 2.99. The van der Waals surface area contributed by atoms with Gasteiger partial charge in [0.2, 0.25) is 0 Å². The maximum Gasteiger partial charge on any atom is 0.272 e. The minimum Gasteiger partial charge on any atom is -0.347 e. The van der Waals surface area contributed by atoms with Gasteiger partial charge in [0.05, 0.1) is 10.7 Å². The van der Waals surface area contributed by atoms with Gasteiger partial charge in [-0.2, -0.15) is 0 Å². The number of aryl methyl sites for hydroxylation is 2. The van der Waals surface area contributed by atoms with Gasteiger partial charge in [-0.1, -0.05) is 23.7 Å². The second-order valence-electron chi connectivity index (χ2n) is 4.87. The molecule has 2 N–H and O–H groups in total. The number of nitrogens with zero attached hydrogens (tertiary/aromatic N) is 2. The van der Waals surface area contributed by atoms with Crippen LogP contribution in [0, 0.1) is 13.8 Å². The molecule has 0 atom stereocenters. The molecule has 0 aliphatic rings. The SMILES string of the molecule is C=CCNC(=O)c1ccc(Nc2c(C)cc(C)cc2Cl)nn1. The van der Waals surface area contributed by atoms with Gasteiger partial charge >= 0.3 is 0 Å². The summed E-state index contributed by atoms with van der Waals surface area (Å²) in [6.07, 6.45) is 1.60. The molecule has 0 aliphatic heterocycles. The summed E-state index contributed by atoms with van der Waals surface area (Å²) in [7, 11) is 0. The highest BCUT2D eigenvalue weighted by molar-refractivity contribution is 6.33. The molecule has 1 amide bonds. The van der Waals surface area contributed by atoms with Crippen LogP contribution in [0.2, 0.25) is 5.02 Å². The lowest BCUT2D eigenvalue weighted by molar-refractivity contribution is 0.0952. The van der Waals surface area contributed by atoms with Crippen molar-refractivity contribution in [3.8, 4) is 0 Å². The van der Waals surface area contributed by atoms with E-state index in [9.17, 15) is 4.79 Å². The van der Waals surface area contributed by atoms with Gasteiger partial charge in [-0.05, 0) is 43.2 Å². The van der Waals surface area contributed by atoms with Crippen molar-refractivity contribution in [1.82, 2.24) is 15.5 Å². The number of aromatic nitrogens is 2. The van der Waals surface area contributed by atoms with E-state index in [2.05, 4.69) is 27.4 Å². The fraction of sp³-hybridized carbons (Fsp3) is 0.188. The average molecular weight is 317 g/mol. The average Bonchev–Trinajstić information content (AvgIpc) is 2.49. The smallest absolute Gasteiger partial charge is 0.272 e. The fourth-order valence-corrected chi connectivity index (χ4v) is 2.35. The molecule has 0 aliphatic carbocycles. The Morgan fingerprint density at radius 3 is 2.68 bits per heavy atom. The van der Waals surface area contributed by atoms with Crippen molar-refractivity contribution in [2.24, 2.45) is 0 Å². The molecule has 1 aromatic carbocycles. The molecule has 0 bridgehead atoms. The van der Waals surface area contributed by atoms with Crippen molar-refractivity contribution in [3.05, 3.63) is 58.8 Å². The number of nitrogens with one attached hydrogen (secondary N) is 2. The fourth-order valence-electron chi connectivity index (χ4n) is 1.98. The van der Waals surface area contributed by atoms with Crippen LogP contribution in [-0.4, -0.2) is 22.6 Å². The molecule has 1 aromatic heterocycles. The summed E-state index contributed by atoms with van der Waals surface area (Å²) in [5, 5.41) is 14.3. The molecule has 0 spiro atoms. The molecule has 114 valence electrons. The second kappa shape index (κ2) is 7.04. The Morgan fingerprint density at radius 2 is 2.09 bits per heavy atom. The predicted molar refractivity (Wildman–Crippen MR) is 88.8 cm³/mol. The number of benzene rings is 1. The van der Waals surface area contributed by atoms with Crippen LogP contribution in [0.15, 0.2) is 36.9 Å². The Kier molecular flexibility index (Phi) is 5.12. The lowest BCUT2D eigenvalue weighted by atomic mass is 10.1. The first-order chi connectivity index (χ1) is 10.5. The maximum absolute atomic E-state index is 11.7. The molecule has 0 saturated carbocycles. The quantitative estimate of drug-likeness (QED) is 0.830. The van der Waals surface area contributed by atoms with Crippen LogP contribution in [0.4, 0.5) is 11.5 Å². The predicted octanol–water partition coefficient (Wildman–Crippen LogP) is 3.41. The molecular formula is C16H17ClN4O. The Morgan fingerprint density at radius 1 is 1.32 bits per heavy atom. The van der Waals surface area contributed by atoms with Gasteiger partial charge in [-0.15, -0.1) is 16.8 Å². The molecule has 6 heteroatoms. The van der Waals surface area contributed by atoms with Crippen molar-refractivity contribution in [2.75, 3.05) is 11.9 Å². The van der Waals surface area contributed by atoms with E-state index in [0.29, 0.717) is 17.4 Å². The van der Waals surface area contributed by atoms with E-state index in [1.807, 2.05) is 26.0 Å². The van der Waals surface area contributed by atoms with Gasteiger partial charge in [-0.25, -0.2) is 0 Å². The molecule has 0 fully saturated rings. The third kappa shape index (κ3) is 3.83. The zero-order chi connectivity index (χ0) is 16.1. The highest BCUT2D eigenvalue weighted by Gasteiger charge is 2.09. The molecule has 2 aromatic rings. The van der Waals surface area contributed by atoms with Gasteiger partial charge in [0.25, 0.3) is 5.91 Å².